The standard InChI is InChI=1S/C19H28O3/c1-5-7-9-16-12-15(11-14(3)19(21)22-4)13-17(18(16)20)10-8-6-2/h12-13,20H,3,5-11H2,1-2,4H3. The molecule has 0 aromatic heterocycles. The number of hydrogen-bond donors (Lipinski definition) is 1. The van der Waals surface area contributed by atoms with E-state index < -0.39 is 0 Å². The lowest BCUT2D eigenvalue weighted by molar-refractivity contribution is -0.136. The molecular formula is C19H28O3. The van der Waals surface area contributed by atoms with Crippen molar-refractivity contribution < 1.29 is 14.6 Å². The van der Waals surface area contributed by atoms with Crippen LogP contribution < -0.4 is 0 Å². The van der Waals surface area contributed by atoms with Gasteiger partial charge in [-0.05, 0) is 42.4 Å². The maximum absolute atomic E-state index is 11.5. The molecule has 1 aromatic carbocycles. The molecule has 0 radical (unpaired) electrons. The molecule has 122 valence electrons. The van der Waals surface area contributed by atoms with Gasteiger partial charge in [0.15, 0.2) is 0 Å². The van der Waals surface area contributed by atoms with Gasteiger partial charge in [-0.25, -0.2) is 4.79 Å². The van der Waals surface area contributed by atoms with Crippen molar-refractivity contribution in [3.63, 3.8) is 0 Å². The average molecular weight is 304 g/mol. The zero-order valence-corrected chi connectivity index (χ0v) is 14.1. The highest BCUT2D eigenvalue weighted by molar-refractivity contribution is 5.88. The maximum atomic E-state index is 11.5. The fourth-order valence-electron chi connectivity index (χ4n) is 2.51. The number of aryl methyl sites for hydroxylation is 2. The molecule has 0 bridgehead atoms. The molecule has 0 aliphatic heterocycles. The topological polar surface area (TPSA) is 46.5 Å². The van der Waals surface area contributed by atoms with Crippen LogP contribution in [-0.4, -0.2) is 18.2 Å². The van der Waals surface area contributed by atoms with Gasteiger partial charge in [-0.1, -0.05) is 45.4 Å². The summed E-state index contributed by atoms with van der Waals surface area (Å²) < 4.78 is 4.71. The van der Waals surface area contributed by atoms with Gasteiger partial charge in [0.1, 0.15) is 5.75 Å². The third kappa shape index (κ3) is 5.21. The van der Waals surface area contributed by atoms with E-state index in [-0.39, 0.29) is 5.97 Å². The maximum Gasteiger partial charge on any atom is 0.333 e. The molecule has 0 aliphatic carbocycles. The van der Waals surface area contributed by atoms with E-state index in [2.05, 4.69) is 20.4 Å². The molecule has 0 saturated heterocycles. The highest BCUT2D eigenvalue weighted by Gasteiger charge is 2.13. The van der Waals surface area contributed by atoms with E-state index in [1.807, 2.05) is 12.1 Å². The number of ether oxygens (including phenoxy) is 1. The lowest BCUT2D eigenvalue weighted by Gasteiger charge is -2.13. The Labute approximate surface area is 134 Å². The molecule has 1 aromatic rings. The van der Waals surface area contributed by atoms with Crippen LogP contribution in [0.5, 0.6) is 5.75 Å². The summed E-state index contributed by atoms with van der Waals surface area (Å²) in [6, 6.07) is 3.99. The first-order valence-corrected chi connectivity index (χ1v) is 8.13. The van der Waals surface area contributed by atoms with Gasteiger partial charge in [0.25, 0.3) is 0 Å². The van der Waals surface area contributed by atoms with Gasteiger partial charge in [0, 0.05) is 12.0 Å². The zero-order chi connectivity index (χ0) is 16.5. The predicted molar refractivity (Wildman–Crippen MR) is 90.2 cm³/mol. The monoisotopic (exact) mass is 304 g/mol. The fourth-order valence-corrected chi connectivity index (χ4v) is 2.51. The molecule has 0 aliphatic rings. The van der Waals surface area contributed by atoms with Crippen molar-refractivity contribution in [1.29, 1.82) is 0 Å². The first kappa shape index (κ1) is 18.3. The largest absolute Gasteiger partial charge is 0.507 e. The molecule has 1 rings (SSSR count). The van der Waals surface area contributed by atoms with Crippen LogP contribution in [0.2, 0.25) is 0 Å². The van der Waals surface area contributed by atoms with Crippen LogP contribution in [0.15, 0.2) is 24.3 Å². The molecule has 0 amide bonds. The van der Waals surface area contributed by atoms with Crippen LogP contribution in [0.4, 0.5) is 0 Å². The minimum Gasteiger partial charge on any atom is -0.507 e. The first-order valence-electron chi connectivity index (χ1n) is 8.13. The summed E-state index contributed by atoms with van der Waals surface area (Å²) in [5, 5.41) is 10.4. The molecule has 0 fully saturated rings. The van der Waals surface area contributed by atoms with Crippen molar-refractivity contribution in [3.8, 4) is 5.75 Å². The second-order valence-electron chi connectivity index (χ2n) is 5.74. The summed E-state index contributed by atoms with van der Waals surface area (Å²) in [6.45, 7) is 8.06. The number of methoxy groups -OCH3 is 1. The summed E-state index contributed by atoms with van der Waals surface area (Å²) in [7, 11) is 1.36. The molecule has 0 unspecified atom stereocenters. The van der Waals surface area contributed by atoms with Crippen molar-refractivity contribution in [1.82, 2.24) is 0 Å². The van der Waals surface area contributed by atoms with Crippen LogP contribution in [-0.2, 0) is 28.8 Å². The number of rotatable bonds is 9. The summed E-state index contributed by atoms with van der Waals surface area (Å²) in [5.41, 5.74) is 3.41. The van der Waals surface area contributed by atoms with Crippen LogP contribution in [0, 0.1) is 0 Å². The number of phenolic OH excluding ortho intramolecular Hbond substituents is 1. The lowest BCUT2D eigenvalue weighted by Crippen LogP contribution is -2.07. The number of benzene rings is 1. The van der Waals surface area contributed by atoms with E-state index in [1.54, 1.807) is 0 Å². The Hall–Kier alpha value is -1.77. The number of hydrogen-bond acceptors (Lipinski definition) is 3. The summed E-state index contributed by atoms with van der Waals surface area (Å²) in [4.78, 5) is 11.5. The average Bonchev–Trinajstić information content (AvgIpc) is 2.52. The van der Waals surface area contributed by atoms with Crippen LogP contribution in [0.3, 0.4) is 0 Å². The van der Waals surface area contributed by atoms with Gasteiger partial charge in [-0.15, -0.1) is 0 Å². The summed E-state index contributed by atoms with van der Waals surface area (Å²) in [5.74, 6) is 0.0487. The zero-order valence-electron chi connectivity index (χ0n) is 14.1. The molecule has 1 N–H and O–H groups in total. The smallest absolute Gasteiger partial charge is 0.333 e. The number of carbonyl (C=O) groups is 1. The third-order valence-electron chi connectivity index (χ3n) is 3.82. The van der Waals surface area contributed by atoms with Gasteiger partial charge in [-0.2, -0.15) is 0 Å². The molecule has 0 spiro atoms. The number of phenols is 1. The van der Waals surface area contributed by atoms with Crippen LogP contribution in [0.25, 0.3) is 0 Å². The van der Waals surface area contributed by atoms with Crippen molar-refractivity contribution in [3.05, 3.63) is 41.0 Å². The Balaban J connectivity index is 3.04. The third-order valence-corrected chi connectivity index (χ3v) is 3.82. The van der Waals surface area contributed by atoms with E-state index in [0.29, 0.717) is 17.7 Å². The Morgan fingerprint density at radius 1 is 1.14 bits per heavy atom. The number of unbranched alkanes of at least 4 members (excludes halogenated alkanes) is 2. The SMILES string of the molecule is C=C(Cc1cc(CCCC)c(O)c(CCCC)c1)C(=O)OC. The van der Waals surface area contributed by atoms with Gasteiger partial charge in [0.05, 0.1) is 7.11 Å². The van der Waals surface area contributed by atoms with E-state index >= 15 is 0 Å². The Bertz CT molecular complexity index is 488. The lowest BCUT2D eigenvalue weighted by atomic mass is 9.94. The number of carbonyl (C=O) groups excluding carboxylic acids is 1. The Morgan fingerprint density at radius 2 is 1.64 bits per heavy atom. The first-order chi connectivity index (χ1) is 10.5. The minimum atomic E-state index is -0.377. The highest BCUT2D eigenvalue weighted by Crippen LogP contribution is 2.28. The van der Waals surface area contributed by atoms with Crippen molar-refractivity contribution in [2.24, 2.45) is 0 Å². The molecule has 0 saturated carbocycles. The van der Waals surface area contributed by atoms with Crippen LogP contribution >= 0.6 is 0 Å². The van der Waals surface area contributed by atoms with E-state index in [9.17, 15) is 9.90 Å². The fraction of sp³-hybridized carbons (Fsp3) is 0.526. The minimum absolute atomic E-state index is 0.377. The van der Waals surface area contributed by atoms with Crippen molar-refractivity contribution in [2.75, 3.05) is 7.11 Å². The van der Waals surface area contributed by atoms with E-state index in [1.165, 1.54) is 7.11 Å². The Kier molecular flexibility index (Phi) is 7.72. The molecule has 0 heterocycles. The predicted octanol–water partition coefficient (Wildman–Crippen LogP) is 4.35. The van der Waals surface area contributed by atoms with E-state index in [4.69, 9.17) is 4.74 Å². The summed E-state index contributed by atoms with van der Waals surface area (Å²) >= 11 is 0. The van der Waals surface area contributed by atoms with Gasteiger partial charge < -0.3 is 9.84 Å². The molecule has 22 heavy (non-hydrogen) atoms. The molecular weight excluding hydrogens is 276 g/mol. The molecule has 3 nitrogen and oxygen atoms in total. The quantitative estimate of drug-likeness (QED) is 0.545. The highest BCUT2D eigenvalue weighted by atomic mass is 16.5. The second kappa shape index (κ2) is 9.29. The van der Waals surface area contributed by atoms with Gasteiger partial charge in [-0.3, -0.25) is 0 Å². The number of esters is 1. The normalized spacial score (nSPS) is 10.5. The summed E-state index contributed by atoms with van der Waals surface area (Å²) in [6.07, 6.45) is 6.45. The second-order valence-corrected chi connectivity index (χ2v) is 5.74. The molecule has 3 heteroatoms. The number of aromatic hydroxyl groups is 1. The van der Waals surface area contributed by atoms with Crippen LogP contribution in [0.1, 0.15) is 56.2 Å². The Morgan fingerprint density at radius 3 is 2.05 bits per heavy atom. The van der Waals surface area contributed by atoms with E-state index in [0.717, 1.165) is 55.2 Å². The molecule has 0 atom stereocenters. The van der Waals surface area contributed by atoms with Crippen molar-refractivity contribution in [2.45, 2.75) is 58.8 Å². The van der Waals surface area contributed by atoms with Gasteiger partial charge >= 0.3 is 5.97 Å². The van der Waals surface area contributed by atoms with Crippen molar-refractivity contribution >= 4 is 5.97 Å². The van der Waals surface area contributed by atoms with Gasteiger partial charge in [0.2, 0.25) is 0 Å².